The summed E-state index contributed by atoms with van der Waals surface area (Å²) in [5, 5.41) is 6.30. The number of nitrogens with zero attached hydrogens (tertiary/aromatic N) is 2. The van der Waals surface area contributed by atoms with E-state index < -0.39 is 5.82 Å². The fraction of sp³-hybridized carbons (Fsp3) is 0.294. The van der Waals surface area contributed by atoms with E-state index in [0.29, 0.717) is 18.3 Å². The van der Waals surface area contributed by atoms with Gasteiger partial charge < -0.3 is 15.4 Å². The predicted octanol–water partition coefficient (Wildman–Crippen LogP) is 3.71. The van der Waals surface area contributed by atoms with Gasteiger partial charge in [0.05, 0.1) is 6.20 Å². The zero-order valence-corrected chi connectivity index (χ0v) is 16.1. The fourth-order valence-electron chi connectivity index (χ4n) is 1.92. The molecule has 2 aromatic rings. The number of ether oxygens (including phenoxy) is 1. The van der Waals surface area contributed by atoms with E-state index in [1.165, 1.54) is 12.3 Å². The predicted molar refractivity (Wildman–Crippen MR) is 105 cm³/mol. The Morgan fingerprint density at radius 1 is 1.29 bits per heavy atom. The Kier molecular flexibility index (Phi) is 9.06. The SMILES string of the molecule is CCCNC(=NC)NCc1ccc(Oc2cccnc2)c(F)c1.I. The van der Waals surface area contributed by atoms with E-state index in [9.17, 15) is 4.39 Å². The van der Waals surface area contributed by atoms with Crippen molar-refractivity contribution in [2.45, 2.75) is 19.9 Å². The van der Waals surface area contributed by atoms with Gasteiger partial charge in [0.1, 0.15) is 5.75 Å². The minimum absolute atomic E-state index is 0. The molecule has 0 bridgehead atoms. The van der Waals surface area contributed by atoms with Gasteiger partial charge in [-0.1, -0.05) is 13.0 Å². The molecule has 1 heterocycles. The third-order valence-electron chi connectivity index (χ3n) is 3.08. The number of guanidine groups is 1. The molecule has 0 unspecified atom stereocenters. The summed E-state index contributed by atoms with van der Waals surface area (Å²) in [6.45, 7) is 3.40. The van der Waals surface area contributed by atoms with Crippen LogP contribution in [-0.4, -0.2) is 24.5 Å². The first-order chi connectivity index (χ1) is 11.2. The molecule has 5 nitrogen and oxygen atoms in total. The molecule has 24 heavy (non-hydrogen) atoms. The molecular formula is C17H22FIN4O. The first kappa shape index (κ1) is 20.1. The highest BCUT2D eigenvalue weighted by Crippen LogP contribution is 2.24. The van der Waals surface area contributed by atoms with Gasteiger partial charge in [0, 0.05) is 26.3 Å². The lowest BCUT2D eigenvalue weighted by atomic mass is 10.2. The second kappa shape index (κ2) is 10.8. The largest absolute Gasteiger partial charge is 0.453 e. The minimum Gasteiger partial charge on any atom is -0.453 e. The molecule has 0 saturated heterocycles. The summed E-state index contributed by atoms with van der Waals surface area (Å²) in [4.78, 5) is 8.04. The van der Waals surface area contributed by atoms with Crippen molar-refractivity contribution in [2.24, 2.45) is 4.99 Å². The van der Waals surface area contributed by atoms with E-state index in [-0.39, 0.29) is 29.7 Å². The summed E-state index contributed by atoms with van der Waals surface area (Å²) in [6.07, 6.45) is 4.19. The molecule has 7 heteroatoms. The van der Waals surface area contributed by atoms with Crippen LogP contribution in [0.2, 0.25) is 0 Å². The summed E-state index contributed by atoms with van der Waals surface area (Å²) < 4.78 is 19.6. The van der Waals surface area contributed by atoms with Gasteiger partial charge in [0.15, 0.2) is 17.5 Å². The van der Waals surface area contributed by atoms with Gasteiger partial charge in [-0.15, -0.1) is 24.0 Å². The molecule has 2 N–H and O–H groups in total. The van der Waals surface area contributed by atoms with Gasteiger partial charge in [-0.25, -0.2) is 4.39 Å². The number of nitrogens with one attached hydrogen (secondary N) is 2. The second-order valence-corrected chi connectivity index (χ2v) is 4.91. The van der Waals surface area contributed by atoms with Crippen LogP contribution in [-0.2, 0) is 6.54 Å². The Bertz CT molecular complexity index is 652. The van der Waals surface area contributed by atoms with Gasteiger partial charge in [0.25, 0.3) is 0 Å². The first-order valence-corrected chi connectivity index (χ1v) is 7.53. The molecule has 2 rings (SSSR count). The van der Waals surface area contributed by atoms with E-state index in [2.05, 4.69) is 27.5 Å². The van der Waals surface area contributed by atoms with E-state index in [1.54, 1.807) is 31.4 Å². The van der Waals surface area contributed by atoms with E-state index in [4.69, 9.17) is 4.74 Å². The molecule has 0 aliphatic heterocycles. The van der Waals surface area contributed by atoms with Crippen molar-refractivity contribution in [1.82, 2.24) is 15.6 Å². The lowest BCUT2D eigenvalue weighted by Crippen LogP contribution is -2.37. The summed E-state index contributed by atoms with van der Waals surface area (Å²) >= 11 is 0. The van der Waals surface area contributed by atoms with Crippen LogP contribution in [0.25, 0.3) is 0 Å². The maximum absolute atomic E-state index is 14.1. The summed E-state index contributed by atoms with van der Waals surface area (Å²) in [5.74, 6) is 0.962. The summed E-state index contributed by atoms with van der Waals surface area (Å²) in [6, 6.07) is 8.34. The van der Waals surface area contributed by atoms with Crippen LogP contribution in [0.3, 0.4) is 0 Å². The summed E-state index contributed by atoms with van der Waals surface area (Å²) in [7, 11) is 1.70. The molecule has 0 aliphatic carbocycles. The average molecular weight is 444 g/mol. The standard InChI is InChI=1S/C17H21FN4O.HI/c1-3-8-21-17(19-2)22-11-13-6-7-16(15(18)10-13)23-14-5-4-9-20-12-14;/h4-7,9-10,12H,3,8,11H2,1-2H3,(H2,19,21,22);1H. The molecule has 1 aromatic heterocycles. The number of halogens is 2. The number of aliphatic imine (C=N–C) groups is 1. The van der Waals surface area contributed by atoms with E-state index in [0.717, 1.165) is 18.5 Å². The highest BCUT2D eigenvalue weighted by atomic mass is 127. The van der Waals surface area contributed by atoms with Crippen molar-refractivity contribution in [3.8, 4) is 11.5 Å². The maximum Gasteiger partial charge on any atom is 0.191 e. The van der Waals surface area contributed by atoms with Crippen molar-refractivity contribution in [1.29, 1.82) is 0 Å². The molecular weight excluding hydrogens is 422 g/mol. The van der Waals surface area contributed by atoms with Crippen LogP contribution in [0.5, 0.6) is 11.5 Å². The van der Waals surface area contributed by atoms with E-state index >= 15 is 0 Å². The zero-order valence-electron chi connectivity index (χ0n) is 13.8. The van der Waals surface area contributed by atoms with Gasteiger partial charge in [0.2, 0.25) is 0 Å². The molecule has 0 spiro atoms. The normalized spacial score (nSPS) is 10.7. The Balaban J connectivity index is 0.00000288. The fourth-order valence-corrected chi connectivity index (χ4v) is 1.92. The monoisotopic (exact) mass is 444 g/mol. The smallest absolute Gasteiger partial charge is 0.191 e. The van der Waals surface area contributed by atoms with E-state index in [1.807, 2.05) is 6.07 Å². The van der Waals surface area contributed by atoms with Gasteiger partial charge in [-0.05, 0) is 36.2 Å². The third kappa shape index (κ3) is 6.31. The molecule has 0 saturated carbocycles. The molecule has 0 amide bonds. The molecule has 1 aromatic carbocycles. The molecule has 0 aliphatic rings. The van der Waals surface area contributed by atoms with Gasteiger partial charge in [-0.3, -0.25) is 9.98 Å². The number of benzene rings is 1. The van der Waals surface area contributed by atoms with Crippen molar-refractivity contribution in [3.63, 3.8) is 0 Å². The number of pyridine rings is 1. The second-order valence-electron chi connectivity index (χ2n) is 4.91. The molecule has 0 fully saturated rings. The lowest BCUT2D eigenvalue weighted by molar-refractivity contribution is 0.440. The molecule has 0 radical (unpaired) electrons. The summed E-state index contributed by atoms with van der Waals surface area (Å²) in [5.41, 5.74) is 0.806. The topological polar surface area (TPSA) is 58.5 Å². The van der Waals surface area contributed by atoms with Crippen molar-refractivity contribution in [3.05, 3.63) is 54.1 Å². The minimum atomic E-state index is -0.412. The Morgan fingerprint density at radius 2 is 2.12 bits per heavy atom. The number of hydrogen-bond acceptors (Lipinski definition) is 3. The molecule has 0 atom stereocenters. The van der Waals surface area contributed by atoms with Crippen molar-refractivity contribution < 1.29 is 9.13 Å². The quantitative estimate of drug-likeness (QED) is 0.405. The highest BCUT2D eigenvalue weighted by molar-refractivity contribution is 14.0. The zero-order chi connectivity index (χ0) is 16.5. The first-order valence-electron chi connectivity index (χ1n) is 7.53. The van der Waals surface area contributed by atoms with Crippen LogP contribution >= 0.6 is 24.0 Å². The third-order valence-corrected chi connectivity index (χ3v) is 3.08. The highest BCUT2D eigenvalue weighted by Gasteiger charge is 2.07. The van der Waals surface area contributed by atoms with Crippen molar-refractivity contribution in [2.75, 3.05) is 13.6 Å². The van der Waals surface area contributed by atoms with Crippen LogP contribution in [0.15, 0.2) is 47.7 Å². The maximum atomic E-state index is 14.1. The van der Waals surface area contributed by atoms with Crippen LogP contribution in [0.4, 0.5) is 4.39 Å². The molecule has 130 valence electrons. The average Bonchev–Trinajstić information content (AvgIpc) is 2.58. The lowest BCUT2D eigenvalue weighted by Gasteiger charge is -2.12. The number of aromatic nitrogens is 1. The Morgan fingerprint density at radius 3 is 2.75 bits per heavy atom. The van der Waals surface area contributed by atoms with Gasteiger partial charge >= 0.3 is 0 Å². The number of rotatable bonds is 6. The van der Waals surface area contributed by atoms with Crippen LogP contribution in [0, 0.1) is 5.82 Å². The van der Waals surface area contributed by atoms with Crippen molar-refractivity contribution >= 4 is 29.9 Å². The van der Waals surface area contributed by atoms with Gasteiger partial charge in [-0.2, -0.15) is 0 Å². The Hall–Kier alpha value is -1.90. The Labute approximate surface area is 158 Å². The van der Waals surface area contributed by atoms with Crippen LogP contribution < -0.4 is 15.4 Å². The van der Waals surface area contributed by atoms with Crippen LogP contribution in [0.1, 0.15) is 18.9 Å². The number of hydrogen-bond donors (Lipinski definition) is 2.